The summed E-state index contributed by atoms with van der Waals surface area (Å²) >= 11 is 14.0. The molecule has 3 rings (SSSR count). The highest BCUT2D eigenvalue weighted by Crippen LogP contribution is 2.37. The van der Waals surface area contributed by atoms with E-state index >= 15 is 0 Å². The molecule has 1 aromatic carbocycles. The first-order valence-electron chi connectivity index (χ1n) is 11.3. The molecule has 1 aromatic heterocycles. The maximum Gasteiger partial charge on any atom is 0.168 e. The second-order valence-electron chi connectivity index (χ2n) is 8.55. The molecule has 1 fully saturated rings. The molecule has 178 valence electrons. The van der Waals surface area contributed by atoms with Gasteiger partial charge in [0.15, 0.2) is 5.79 Å². The van der Waals surface area contributed by atoms with Crippen molar-refractivity contribution in [2.45, 2.75) is 87.7 Å². The molecule has 0 spiro atoms. The van der Waals surface area contributed by atoms with E-state index in [2.05, 4.69) is 18.4 Å². The number of nitrogens with zero attached hydrogens (tertiary/aromatic N) is 2. The molecular weight excluding hydrogens is 467 g/mol. The van der Waals surface area contributed by atoms with Crippen molar-refractivity contribution in [1.29, 1.82) is 0 Å². The molecule has 0 aliphatic heterocycles. The van der Waals surface area contributed by atoms with E-state index in [-0.39, 0.29) is 5.92 Å². The molecule has 0 saturated heterocycles. The van der Waals surface area contributed by atoms with Gasteiger partial charge in [-0.2, -0.15) is 0 Å². The smallest absolute Gasteiger partial charge is 0.168 e. The zero-order valence-electron chi connectivity index (χ0n) is 19.5. The van der Waals surface area contributed by atoms with Gasteiger partial charge in [0.1, 0.15) is 17.6 Å². The van der Waals surface area contributed by atoms with Gasteiger partial charge in [-0.3, -0.25) is 4.57 Å². The van der Waals surface area contributed by atoms with Gasteiger partial charge in [0.05, 0.1) is 18.9 Å². The Labute approximate surface area is 206 Å². The van der Waals surface area contributed by atoms with Gasteiger partial charge in [0, 0.05) is 34.9 Å². The quantitative estimate of drug-likeness (QED) is 0.192. The Balaban J connectivity index is 1.64. The lowest BCUT2D eigenvalue weighted by molar-refractivity contribution is -0.235. The Bertz CT molecular complexity index is 860. The number of imidazole rings is 1. The molecule has 0 amide bonds. The SMILES string of the molecule is COC1(OCCOCn2c(C)nc(C(C)C)c2Sc2cc(Cl)cc(Cl)c2)CCCCCC1. The van der Waals surface area contributed by atoms with E-state index in [1.807, 2.05) is 19.1 Å². The lowest BCUT2D eigenvalue weighted by Crippen LogP contribution is -2.35. The third kappa shape index (κ3) is 6.87. The maximum atomic E-state index is 6.21. The Kier molecular flexibility index (Phi) is 9.77. The van der Waals surface area contributed by atoms with E-state index in [4.69, 9.17) is 42.4 Å². The van der Waals surface area contributed by atoms with Crippen LogP contribution in [0.3, 0.4) is 0 Å². The Morgan fingerprint density at radius 2 is 1.72 bits per heavy atom. The van der Waals surface area contributed by atoms with Crippen molar-refractivity contribution in [2.24, 2.45) is 0 Å². The molecule has 0 atom stereocenters. The molecule has 1 aliphatic carbocycles. The third-order valence-electron chi connectivity index (χ3n) is 5.79. The standard InChI is InChI=1S/C24H34Cl2N2O3S/c1-17(2)22-23(32-21-14-19(25)13-20(26)15-21)28(18(3)27-22)16-30-11-12-31-24(29-4)9-7-5-6-8-10-24/h13-15,17H,5-12,16H2,1-4H3. The van der Waals surface area contributed by atoms with Crippen LogP contribution in [0.15, 0.2) is 28.1 Å². The minimum Gasteiger partial charge on any atom is -0.358 e. The van der Waals surface area contributed by atoms with Crippen LogP contribution in [0, 0.1) is 6.92 Å². The van der Waals surface area contributed by atoms with E-state index < -0.39 is 5.79 Å². The van der Waals surface area contributed by atoms with Gasteiger partial charge in [0.2, 0.25) is 0 Å². The van der Waals surface area contributed by atoms with Gasteiger partial charge in [-0.05, 0) is 43.9 Å². The predicted octanol–water partition coefficient (Wildman–Crippen LogP) is 7.46. The van der Waals surface area contributed by atoms with Gasteiger partial charge in [-0.25, -0.2) is 4.98 Å². The minimum atomic E-state index is -0.456. The summed E-state index contributed by atoms with van der Waals surface area (Å²) in [5.74, 6) is 0.747. The molecule has 1 aliphatic rings. The van der Waals surface area contributed by atoms with Gasteiger partial charge >= 0.3 is 0 Å². The summed E-state index contributed by atoms with van der Waals surface area (Å²) in [5.41, 5.74) is 1.04. The first-order valence-corrected chi connectivity index (χ1v) is 12.9. The van der Waals surface area contributed by atoms with E-state index in [0.717, 1.165) is 47.1 Å². The lowest BCUT2D eigenvalue weighted by Gasteiger charge is -2.31. The molecule has 0 bridgehead atoms. The zero-order chi connectivity index (χ0) is 23.1. The van der Waals surface area contributed by atoms with E-state index in [1.165, 1.54) is 12.8 Å². The highest BCUT2D eigenvalue weighted by Gasteiger charge is 2.31. The fraction of sp³-hybridized carbons (Fsp3) is 0.625. The lowest BCUT2D eigenvalue weighted by atomic mass is 10.1. The summed E-state index contributed by atoms with van der Waals surface area (Å²) in [5, 5.41) is 2.29. The first-order chi connectivity index (χ1) is 15.3. The number of hydrogen-bond donors (Lipinski definition) is 0. The molecule has 32 heavy (non-hydrogen) atoms. The molecule has 0 N–H and O–H groups in total. The fourth-order valence-corrected chi connectivity index (χ4v) is 5.95. The van der Waals surface area contributed by atoms with Crippen molar-refractivity contribution in [2.75, 3.05) is 20.3 Å². The number of ether oxygens (including phenoxy) is 3. The topological polar surface area (TPSA) is 45.5 Å². The number of rotatable bonds is 10. The monoisotopic (exact) mass is 500 g/mol. The second kappa shape index (κ2) is 12.1. The van der Waals surface area contributed by atoms with E-state index in [1.54, 1.807) is 24.9 Å². The second-order valence-corrected chi connectivity index (χ2v) is 10.5. The average molecular weight is 502 g/mol. The minimum absolute atomic E-state index is 0.284. The summed E-state index contributed by atoms with van der Waals surface area (Å²) < 4.78 is 20.0. The molecule has 0 unspecified atom stereocenters. The maximum absolute atomic E-state index is 6.21. The van der Waals surface area contributed by atoms with Crippen molar-refractivity contribution < 1.29 is 14.2 Å². The highest BCUT2D eigenvalue weighted by molar-refractivity contribution is 7.99. The summed E-state index contributed by atoms with van der Waals surface area (Å²) in [6.45, 7) is 7.70. The average Bonchev–Trinajstić information content (AvgIpc) is 2.90. The zero-order valence-corrected chi connectivity index (χ0v) is 21.8. The van der Waals surface area contributed by atoms with Crippen molar-refractivity contribution in [3.63, 3.8) is 0 Å². The first kappa shape index (κ1) is 25.9. The van der Waals surface area contributed by atoms with Gasteiger partial charge in [0.25, 0.3) is 0 Å². The van der Waals surface area contributed by atoms with Gasteiger partial charge < -0.3 is 14.2 Å². The summed E-state index contributed by atoms with van der Waals surface area (Å²) in [6, 6.07) is 5.57. The summed E-state index contributed by atoms with van der Waals surface area (Å²) in [7, 11) is 1.75. The Hall–Kier alpha value is -0.760. The third-order valence-corrected chi connectivity index (χ3v) is 7.32. The molecule has 8 heteroatoms. The summed E-state index contributed by atoms with van der Waals surface area (Å²) in [4.78, 5) is 5.78. The van der Waals surface area contributed by atoms with Crippen LogP contribution < -0.4 is 0 Å². The van der Waals surface area contributed by atoms with Crippen LogP contribution in [0.4, 0.5) is 0 Å². The molecular formula is C24H34Cl2N2O3S. The number of hydrogen-bond acceptors (Lipinski definition) is 5. The Morgan fingerprint density at radius 1 is 1.06 bits per heavy atom. The number of methoxy groups -OCH3 is 1. The number of halogens is 2. The number of aromatic nitrogens is 2. The van der Waals surface area contributed by atoms with Crippen LogP contribution in [0.2, 0.25) is 10.0 Å². The van der Waals surface area contributed by atoms with Crippen LogP contribution in [0.5, 0.6) is 0 Å². The largest absolute Gasteiger partial charge is 0.358 e. The van der Waals surface area contributed by atoms with Crippen LogP contribution >= 0.6 is 35.0 Å². The van der Waals surface area contributed by atoms with Crippen LogP contribution in [-0.4, -0.2) is 35.7 Å². The number of benzene rings is 1. The van der Waals surface area contributed by atoms with Crippen molar-refractivity contribution >= 4 is 35.0 Å². The summed E-state index contributed by atoms with van der Waals surface area (Å²) in [6.07, 6.45) is 6.70. The molecule has 1 heterocycles. The molecule has 5 nitrogen and oxygen atoms in total. The normalized spacial score (nSPS) is 16.5. The van der Waals surface area contributed by atoms with Gasteiger partial charge in [-0.1, -0.05) is 61.7 Å². The van der Waals surface area contributed by atoms with E-state index in [0.29, 0.717) is 30.0 Å². The Morgan fingerprint density at radius 3 is 2.31 bits per heavy atom. The van der Waals surface area contributed by atoms with Crippen LogP contribution in [0.1, 0.15) is 69.8 Å². The fourth-order valence-electron chi connectivity index (χ4n) is 4.02. The molecule has 2 aromatic rings. The van der Waals surface area contributed by atoms with E-state index in [9.17, 15) is 0 Å². The van der Waals surface area contributed by atoms with Crippen molar-refractivity contribution in [3.8, 4) is 0 Å². The number of aryl methyl sites for hydroxylation is 1. The predicted molar refractivity (Wildman–Crippen MR) is 131 cm³/mol. The van der Waals surface area contributed by atoms with Crippen molar-refractivity contribution in [1.82, 2.24) is 9.55 Å². The van der Waals surface area contributed by atoms with Crippen LogP contribution in [0.25, 0.3) is 0 Å². The van der Waals surface area contributed by atoms with Crippen molar-refractivity contribution in [3.05, 3.63) is 39.8 Å². The van der Waals surface area contributed by atoms with Crippen LogP contribution in [-0.2, 0) is 20.9 Å². The molecule has 1 saturated carbocycles. The molecule has 0 radical (unpaired) electrons. The highest BCUT2D eigenvalue weighted by atomic mass is 35.5. The van der Waals surface area contributed by atoms with Gasteiger partial charge in [-0.15, -0.1) is 0 Å².